The van der Waals surface area contributed by atoms with Crippen molar-refractivity contribution >= 4 is 24.6 Å². The maximum atomic E-state index is 3.94. The SMILES string of the molecule is SNCC1CCSC1. The minimum absolute atomic E-state index is 0.887. The van der Waals surface area contributed by atoms with Gasteiger partial charge in [0.05, 0.1) is 0 Å². The molecule has 0 aromatic heterocycles. The Labute approximate surface area is 60.2 Å². The Balaban J connectivity index is 2.06. The first-order valence-electron chi connectivity index (χ1n) is 2.88. The fourth-order valence-electron chi connectivity index (χ4n) is 0.873. The van der Waals surface area contributed by atoms with E-state index in [4.69, 9.17) is 0 Å². The highest BCUT2D eigenvalue weighted by atomic mass is 32.2. The van der Waals surface area contributed by atoms with Gasteiger partial charge in [-0.05, 0) is 23.8 Å². The number of rotatable bonds is 2. The van der Waals surface area contributed by atoms with E-state index in [-0.39, 0.29) is 0 Å². The molecule has 1 heterocycles. The van der Waals surface area contributed by atoms with Crippen LogP contribution in [0.1, 0.15) is 6.42 Å². The largest absolute Gasteiger partial charge is 0.267 e. The van der Waals surface area contributed by atoms with Gasteiger partial charge in [-0.15, -0.1) is 0 Å². The normalized spacial score (nSPS) is 28.9. The number of thioether (sulfide) groups is 1. The van der Waals surface area contributed by atoms with Crippen molar-refractivity contribution in [3.8, 4) is 0 Å². The van der Waals surface area contributed by atoms with E-state index >= 15 is 0 Å². The highest BCUT2D eigenvalue weighted by Gasteiger charge is 2.13. The van der Waals surface area contributed by atoms with Crippen molar-refractivity contribution in [2.45, 2.75) is 6.42 Å². The summed E-state index contributed by atoms with van der Waals surface area (Å²) in [6.07, 6.45) is 1.37. The van der Waals surface area contributed by atoms with Crippen LogP contribution in [0.3, 0.4) is 0 Å². The molecule has 0 aromatic carbocycles. The molecule has 0 saturated carbocycles. The predicted molar refractivity (Wildman–Crippen MR) is 42.4 cm³/mol. The van der Waals surface area contributed by atoms with Gasteiger partial charge in [-0.25, -0.2) is 0 Å². The van der Waals surface area contributed by atoms with E-state index in [9.17, 15) is 0 Å². The van der Waals surface area contributed by atoms with E-state index in [1.54, 1.807) is 0 Å². The molecule has 1 N–H and O–H groups in total. The average Bonchev–Trinajstić information content (AvgIpc) is 2.19. The van der Waals surface area contributed by atoms with Crippen LogP contribution in [0.25, 0.3) is 0 Å². The summed E-state index contributed by atoms with van der Waals surface area (Å²) >= 11 is 5.98. The maximum Gasteiger partial charge on any atom is 0.00927 e. The van der Waals surface area contributed by atoms with Crippen molar-refractivity contribution in [2.24, 2.45) is 5.92 Å². The van der Waals surface area contributed by atoms with Crippen LogP contribution in [0, 0.1) is 5.92 Å². The number of nitrogens with one attached hydrogen (secondary N) is 1. The van der Waals surface area contributed by atoms with E-state index in [1.165, 1.54) is 17.9 Å². The summed E-state index contributed by atoms with van der Waals surface area (Å²) in [5, 5.41) is 0. The standard InChI is InChI=1S/C5H11NS2/c7-6-3-5-1-2-8-4-5/h5-7H,1-4H2. The van der Waals surface area contributed by atoms with Gasteiger partial charge in [0.1, 0.15) is 0 Å². The molecule has 1 fully saturated rings. The van der Waals surface area contributed by atoms with Gasteiger partial charge in [-0.3, -0.25) is 4.72 Å². The monoisotopic (exact) mass is 149 g/mol. The zero-order chi connectivity index (χ0) is 5.82. The van der Waals surface area contributed by atoms with Crippen LogP contribution >= 0.6 is 24.6 Å². The highest BCUT2D eigenvalue weighted by molar-refractivity contribution is 7.99. The molecule has 0 aromatic rings. The number of thiol groups is 1. The van der Waals surface area contributed by atoms with Gasteiger partial charge in [-0.2, -0.15) is 11.8 Å². The lowest BCUT2D eigenvalue weighted by atomic mass is 10.1. The molecule has 1 atom stereocenters. The van der Waals surface area contributed by atoms with Crippen molar-refractivity contribution in [1.82, 2.24) is 4.72 Å². The highest BCUT2D eigenvalue weighted by Crippen LogP contribution is 2.22. The first-order chi connectivity index (χ1) is 3.93. The van der Waals surface area contributed by atoms with Crippen LogP contribution < -0.4 is 4.72 Å². The van der Waals surface area contributed by atoms with Crippen LogP contribution in [0.15, 0.2) is 0 Å². The minimum atomic E-state index is 0.887. The third-order valence-corrected chi connectivity index (χ3v) is 2.82. The van der Waals surface area contributed by atoms with Gasteiger partial charge < -0.3 is 0 Å². The Morgan fingerprint density at radius 1 is 1.75 bits per heavy atom. The molecular weight excluding hydrogens is 138 g/mol. The van der Waals surface area contributed by atoms with Crippen LogP contribution in [0.5, 0.6) is 0 Å². The summed E-state index contributed by atoms with van der Waals surface area (Å²) in [6, 6.07) is 0. The molecule has 1 aliphatic heterocycles. The molecule has 0 aliphatic carbocycles. The summed E-state index contributed by atoms with van der Waals surface area (Å²) in [7, 11) is 0. The molecule has 8 heavy (non-hydrogen) atoms. The van der Waals surface area contributed by atoms with Crippen molar-refractivity contribution in [3.05, 3.63) is 0 Å². The second-order valence-corrected chi connectivity index (χ2v) is 3.56. The first-order valence-corrected chi connectivity index (χ1v) is 4.48. The van der Waals surface area contributed by atoms with Crippen LogP contribution in [-0.2, 0) is 0 Å². The number of hydrogen-bond donors (Lipinski definition) is 2. The molecular formula is C5H11NS2. The molecule has 3 heteroatoms. The van der Waals surface area contributed by atoms with E-state index in [1.807, 2.05) is 11.8 Å². The third-order valence-electron chi connectivity index (χ3n) is 1.40. The molecule has 0 amide bonds. The van der Waals surface area contributed by atoms with E-state index in [0.29, 0.717) is 0 Å². The molecule has 0 radical (unpaired) electrons. The fourth-order valence-corrected chi connectivity index (χ4v) is 2.42. The Bertz CT molecular complexity index is 61.4. The van der Waals surface area contributed by atoms with Crippen molar-refractivity contribution in [1.29, 1.82) is 0 Å². The molecule has 1 nitrogen and oxygen atoms in total. The topological polar surface area (TPSA) is 12.0 Å². The van der Waals surface area contributed by atoms with E-state index in [0.717, 1.165) is 12.5 Å². The zero-order valence-corrected chi connectivity index (χ0v) is 6.47. The Kier molecular flexibility index (Phi) is 3.08. The quantitative estimate of drug-likeness (QED) is 0.572. The summed E-state index contributed by atoms with van der Waals surface area (Å²) in [5.41, 5.74) is 0. The Hall–Kier alpha value is 0.660. The molecule has 0 bridgehead atoms. The van der Waals surface area contributed by atoms with Crippen molar-refractivity contribution in [3.63, 3.8) is 0 Å². The summed E-state index contributed by atoms with van der Waals surface area (Å²) in [5.74, 6) is 3.56. The minimum Gasteiger partial charge on any atom is -0.267 e. The van der Waals surface area contributed by atoms with Gasteiger partial charge in [0.2, 0.25) is 0 Å². The van der Waals surface area contributed by atoms with E-state index < -0.39 is 0 Å². The fraction of sp³-hybridized carbons (Fsp3) is 1.00. The lowest BCUT2D eigenvalue weighted by molar-refractivity contribution is 0.594. The van der Waals surface area contributed by atoms with Gasteiger partial charge >= 0.3 is 0 Å². The summed E-state index contributed by atoms with van der Waals surface area (Å²) < 4.78 is 2.89. The van der Waals surface area contributed by atoms with Gasteiger partial charge in [-0.1, -0.05) is 12.8 Å². The van der Waals surface area contributed by atoms with E-state index in [2.05, 4.69) is 17.5 Å². The second-order valence-electron chi connectivity index (χ2n) is 2.09. The molecule has 1 saturated heterocycles. The first kappa shape index (κ1) is 6.78. The van der Waals surface area contributed by atoms with Gasteiger partial charge in [0.15, 0.2) is 0 Å². The third kappa shape index (κ3) is 1.88. The average molecular weight is 149 g/mol. The number of hydrogen-bond acceptors (Lipinski definition) is 3. The van der Waals surface area contributed by atoms with Crippen molar-refractivity contribution < 1.29 is 0 Å². The summed E-state index contributed by atoms with van der Waals surface area (Å²) in [4.78, 5) is 0. The zero-order valence-electron chi connectivity index (χ0n) is 4.76. The molecule has 48 valence electrons. The Morgan fingerprint density at radius 3 is 3.12 bits per heavy atom. The molecule has 1 aliphatic rings. The molecule has 0 spiro atoms. The predicted octanol–water partition coefficient (Wildman–Crippen LogP) is 1.17. The van der Waals surface area contributed by atoms with Crippen molar-refractivity contribution in [2.75, 3.05) is 18.1 Å². The van der Waals surface area contributed by atoms with Crippen LogP contribution in [0.4, 0.5) is 0 Å². The smallest absolute Gasteiger partial charge is 0.00927 e. The summed E-state index contributed by atoms with van der Waals surface area (Å²) in [6.45, 7) is 1.08. The lowest BCUT2D eigenvalue weighted by Crippen LogP contribution is -2.13. The molecule has 1 unspecified atom stereocenters. The molecule has 1 rings (SSSR count). The van der Waals surface area contributed by atoms with Gasteiger partial charge in [0, 0.05) is 6.54 Å². The lowest BCUT2D eigenvalue weighted by Gasteiger charge is -2.03. The second kappa shape index (κ2) is 3.64. The van der Waals surface area contributed by atoms with Crippen LogP contribution in [-0.4, -0.2) is 18.1 Å². The Morgan fingerprint density at radius 2 is 2.62 bits per heavy atom. The van der Waals surface area contributed by atoms with Gasteiger partial charge in [0.25, 0.3) is 0 Å². The van der Waals surface area contributed by atoms with Crippen LogP contribution in [0.2, 0.25) is 0 Å². The maximum absolute atomic E-state index is 3.94.